The molecule has 0 saturated heterocycles. The van der Waals surface area contributed by atoms with E-state index in [4.69, 9.17) is 10.4 Å². The van der Waals surface area contributed by atoms with Crippen LogP contribution in [0.5, 0.6) is 0 Å². The molecule has 0 fully saturated rings. The molecule has 0 aliphatic carbocycles. The fourth-order valence-electron chi connectivity index (χ4n) is 1.69. The molecule has 7 heteroatoms. The van der Waals surface area contributed by atoms with Crippen molar-refractivity contribution in [3.05, 3.63) is 41.5 Å². The summed E-state index contributed by atoms with van der Waals surface area (Å²) in [5.74, 6) is 5.67. The second-order valence-corrected chi connectivity index (χ2v) is 4.01. The Bertz CT molecular complexity index is 553. The van der Waals surface area contributed by atoms with Crippen LogP contribution in [0.15, 0.2) is 29.0 Å². The maximum atomic E-state index is 12.0. The second-order valence-electron chi connectivity index (χ2n) is 4.01. The van der Waals surface area contributed by atoms with Gasteiger partial charge in [0.25, 0.3) is 5.91 Å². The summed E-state index contributed by atoms with van der Waals surface area (Å²) in [4.78, 5) is 15.8. The van der Waals surface area contributed by atoms with Crippen LogP contribution < -0.4 is 16.6 Å². The third-order valence-electron chi connectivity index (χ3n) is 2.67. The second kappa shape index (κ2) is 5.96. The molecule has 1 aromatic heterocycles. The number of nitrogen functional groups attached to an aromatic ring is 1. The molecule has 1 heterocycles. The summed E-state index contributed by atoms with van der Waals surface area (Å²) >= 11 is 0. The summed E-state index contributed by atoms with van der Waals surface area (Å²) in [6.45, 7) is 2.30. The molecular formula is C12H15N5O2. The number of amides is 1. The molecule has 0 unspecified atom stereocenters. The van der Waals surface area contributed by atoms with Gasteiger partial charge in [-0.05, 0) is 30.7 Å². The van der Waals surface area contributed by atoms with E-state index in [-0.39, 0.29) is 5.91 Å². The topological polar surface area (TPSA) is 106 Å². The molecule has 19 heavy (non-hydrogen) atoms. The Morgan fingerprint density at radius 1 is 1.47 bits per heavy atom. The summed E-state index contributed by atoms with van der Waals surface area (Å²) in [5, 5.41) is 6.29. The first-order valence-corrected chi connectivity index (χ1v) is 5.81. The van der Waals surface area contributed by atoms with Crippen LogP contribution in [0.2, 0.25) is 0 Å². The molecule has 4 N–H and O–H groups in total. The molecule has 0 atom stereocenters. The van der Waals surface area contributed by atoms with Crippen LogP contribution in [0.1, 0.15) is 21.8 Å². The number of hydrogen-bond donors (Lipinski definition) is 3. The van der Waals surface area contributed by atoms with E-state index in [2.05, 4.69) is 20.9 Å². The number of carbonyl (C=O) groups excluding carboxylic acids is 1. The molecule has 0 radical (unpaired) electrons. The van der Waals surface area contributed by atoms with Crippen LogP contribution in [0.3, 0.4) is 0 Å². The molecule has 2 rings (SSSR count). The van der Waals surface area contributed by atoms with E-state index in [1.807, 2.05) is 13.0 Å². The Balaban J connectivity index is 1.92. The molecule has 0 bridgehead atoms. The van der Waals surface area contributed by atoms with Crippen LogP contribution >= 0.6 is 0 Å². The van der Waals surface area contributed by atoms with Gasteiger partial charge in [-0.15, -0.1) is 0 Å². The van der Waals surface area contributed by atoms with Crippen molar-refractivity contribution in [2.45, 2.75) is 13.3 Å². The lowest BCUT2D eigenvalue weighted by Gasteiger charge is -2.08. The first-order valence-electron chi connectivity index (χ1n) is 5.81. The van der Waals surface area contributed by atoms with E-state index in [0.29, 0.717) is 24.4 Å². The fraction of sp³-hybridized carbons (Fsp3) is 0.250. The zero-order chi connectivity index (χ0) is 13.7. The molecule has 0 spiro atoms. The highest BCUT2D eigenvalue weighted by Crippen LogP contribution is 2.14. The lowest BCUT2D eigenvalue weighted by molar-refractivity contribution is 0.0953. The predicted molar refractivity (Wildman–Crippen MR) is 69.3 cm³/mol. The Labute approximate surface area is 110 Å². The highest BCUT2D eigenvalue weighted by atomic mass is 16.5. The first kappa shape index (κ1) is 13.0. The lowest BCUT2D eigenvalue weighted by Crippen LogP contribution is -2.26. The molecule has 1 aromatic carbocycles. The van der Waals surface area contributed by atoms with Gasteiger partial charge in [0.15, 0.2) is 6.33 Å². The standard InChI is InChI=1S/C12H15N5O2/c1-8-6-9(17-13)2-3-10(8)12(18)14-5-4-11-15-7-16-19-11/h2-3,6-7,17H,4-5,13H2,1H3,(H,14,18). The lowest BCUT2D eigenvalue weighted by atomic mass is 10.1. The van der Waals surface area contributed by atoms with E-state index < -0.39 is 0 Å². The monoisotopic (exact) mass is 261 g/mol. The number of nitrogens with one attached hydrogen (secondary N) is 2. The molecule has 0 aliphatic rings. The maximum Gasteiger partial charge on any atom is 0.251 e. The summed E-state index contributed by atoms with van der Waals surface area (Å²) in [5.41, 5.74) is 4.77. The molecule has 7 nitrogen and oxygen atoms in total. The Hall–Kier alpha value is -2.41. The van der Waals surface area contributed by atoms with Gasteiger partial charge in [-0.3, -0.25) is 10.6 Å². The van der Waals surface area contributed by atoms with E-state index in [9.17, 15) is 4.79 Å². The largest absolute Gasteiger partial charge is 0.352 e. The van der Waals surface area contributed by atoms with Gasteiger partial charge in [-0.2, -0.15) is 4.98 Å². The van der Waals surface area contributed by atoms with Crippen molar-refractivity contribution in [2.75, 3.05) is 12.0 Å². The highest BCUT2D eigenvalue weighted by molar-refractivity contribution is 5.96. The van der Waals surface area contributed by atoms with E-state index in [0.717, 1.165) is 11.3 Å². The van der Waals surface area contributed by atoms with E-state index >= 15 is 0 Å². The Kier molecular flexibility index (Phi) is 4.09. The number of benzene rings is 1. The molecule has 0 saturated carbocycles. The number of rotatable bonds is 5. The maximum absolute atomic E-state index is 12.0. The number of hydrazine groups is 1. The van der Waals surface area contributed by atoms with Gasteiger partial charge in [0, 0.05) is 24.2 Å². The predicted octanol–water partition coefficient (Wildman–Crippen LogP) is 0.636. The van der Waals surface area contributed by atoms with Crippen molar-refractivity contribution >= 4 is 11.6 Å². The average molecular weight is 261 g/mol. The van der Waals surface area contributed by atoms with E-state index in [1.165, 1.54) is 6.33 Å². The summed E-state index contributed by atoms with van der Waals surface area (Å²) in [6.07, 6.45) is 1.84. The van der Waals surface area contributed by atoms with Crippen LogP contribution in [-0.4, -0.2) is 22.6 Å². The minimum absolute atomic E-state index is 0.138. The molecule has 2 aromatic rings. The van der Waals surface area contributed by atoms with Gasteiger partial charge in [0.2, 0.25) is 5.89 Å². The zero-order valence-electron chi connectivity index (χ0n) is 10.5. The van der Waals surface area contributed by atoms with Crippen LogP contribution in [0, 0.1) is 6.92 Å². The van der Waals surface area contributed by atoms with Crippen molar-refractivity contribution in [3.8, 4) is 0 Å². The average Bonchev–Trinajstić information content (AvgIpc) is 2.91. The van der Waals surface area contributed by atoms with Gasteiger partial charge in [0.05, 0.1) is 0 Å². The van der Waals surface area contributed by atoms with Crippen molar-refractivity contribution in [3.63, 3.8) is 0 Å². The Morgan fingerprint density at radius 3 is 2.95 bits per heavy atom. The van der Waals surface area contributed by atoms with Gasteiger partial charge >= 0.3 is 0 Å². The quantitative estimate of drug-likeness (QED) is 0.538. The molecule has 100 valence electrons. The van der Waals surface area contributed by atoms with E-state index in [1.54, 1.807) is 12.1 Å². The summed E-state index contributed by atoms with van der Waals surface area (Å²) in [7, 11) is 0. The van der Waals surface area contributed by atoms with Gasteiger partial charge in [-0.25, -0.2) is 0 Å². The Morgan fingerprint density at radius 2 is 2.32 bits per heavy atom. The van der Waals surface area contributed by atoms with Crippen LogP contribution in [0.4, 0.5) is 5.69 Å². The third kappa shape index (κ3) is 3.29. The number of aromatic nitrogens is 2. The molecule has 0 aliphatic heterocycles. The number of hydrogen-bond acceptors (Lipinski definition) is 6. The van der Waals surface area contributed by atoms with Crippen molar-refractivity contribution < 1.29 is 9.32 Å². The smallest absolute Gasteiger partial charge is 0.251 e. The van der Waals surface area contributed by atoms with Crippen LogP contribution in [0.25, 0.3) is 0 Å². The van der Waals surface area contributed by atoms with Gasteiger partial charge in [0.1, 0.15) is 0 Å². The highest BCUT2D eigenvalue weighted by Gasteiger charge is 2.09. The minimum atomic E-state index is -0.138. The normalized spacial score (nSPS) is 10.2. The van der Waals surface area contributed by atoms with Crippen LogP contribution in [-0.2, 0) is 6.42 Å². The van der Waals surface area contributed by atoms with Crippen molar-refractivity contribution in [2.24, 2.45) is 5.84 Å². The summed E-state index contributed by atoms with van der Waals surface area (Å²) < 4.78 is 4.84. The summed E-state index contributed by atoms with van der Waals surface area (Å²) in [6, 6.07) is 5.29. The third-order valence-corrected chi connectivity index (χ3v) is 2.67. The van der Waals surface area contributed by atoms with Gasteiger partial charge < -0.3 is 15.3 Å². The minimum Gasteiger partial charge on any atom is -0.352 e. The molecular weight excluding hydrogens is 246 g/mol. The first-order chi connectivity index (χ1) is 9.20. The number of carbonyl (C=O) groups is 1. The number of nitrogens with two attached hydrogens (primary N) is 1. The SMILES string of the molecule is Cc1cc(NN)ccc1C(=O)NCCc1ncno1. The molecule has 1 amide bonds. The number of aryl methyl sites for hydroxylation is 1. The van der Waals surface area contributed by atoms with Crippen molar-refractivity contribution in [1.29, 1.82) is 0 Å². The fourth-order valence-corrected chi connectivity index (χ4v) is 1.69. The zero-order valence-corrected chi connectivity index (χ0v) is 10.5. The number of nitrogens with zero attached hydrogens (tertiary/aromatic N) is 2. The van der Waals surface area contributed by atoms with Gasteiger partial charge in [-0.1, -0.05) is 5.16 Å². The van der Waals surface area contributed by atoms with Crippen molar-refractivity contribution in [1.82, 2.24) is 15.5 Å². The number of anilines is 1.